The van der Waals surface area contributed by atoms with Crippen LogP contribution in [0.5, 0.6) is 0 Å². The number of benzene rings is 2. The van der Waals surface area contributed by atoms with Gasteiger partial charge in [0.25, 0.3) is 11.5 Å². The first kappa shape index (κ1) is 25.8. The van der Waals surface area contributed by atoms with Crippen LogP contribution in [-0.2, 0) is 0 Å². The first-order chi connectivity index (χ1) is 19.4. The van der Waals surface area contributed by atoms with E-state index in [0.29, 0.717) is 33.6 Å². The van der Waals surface area contributed by atoms with E-state index >= 15 is 0 Å². The number of anilines is 3. The number of amides is 1. The van der Waals surface area contributed by atoms with Crippen LogP contribution in [0.4, 0.5) is 21.6 Å². The predicted molar refractivity (Wildman–Crippen MR) is 157 cm³/mol. The minimum Gasteiger partial charge on any atom is -0.336 e. The Morgan fingerprint density at radius 1 is 1.15 bits per heavy atom. The van der Waals surface area contributed by atoms with Crippen LogP contribution in [0, 0.1) is 12.7 Å². The third-order valence-electron chi connectivity index (χ3n) is 7.34. The number of nitrogens with one attached hydrogen (secondary N) is 3. The molecule has 0 aliphatic carbocycles. The van der Waals surface area contributed by atoms with Crippen molar-refractivity contribution in [3.8, 4) is 11.3 Å². The van der Waals surface area contributed by atoms with E-state index in [9.17, 15) is 14.0 Å². The van der Waals surface area contributed by atoms with Crippen molar-refractivity contribution in [2.24, 2.45) is 0 Å². The molecule has 4 heterocycles. The summed E-state index contributed by atoms with van der Waals surface area (Å²) in [6.45, 7) is 2.78. The molecule has 3 aromatic heterocycles. The first-order valence-corrected chi connectivity index (χ1v) is 13.8. The summed E-state index contributed by atoms with van der Waals surface area (Å²) in [5.74, 6) is -0.426. The molecule has 5 aromatic rings. The highest BCUT2D eigenvalue weighted by Gasteiger charge is 2.23. The maximum Gasteiger partial charge on any atom is 0.287 e. The van der Waals surface area contributed by atoms with Gasteiger partial charge in [0.05, 0.1) is 16.3 Å². The number of likely N-dealkylation sites (tertiary alicyclic amines) is 1. The van der Waals surface area contributed by atoms with E-state index in [1.54, 1.807) is 25.1 Å². The molecule has 1 unspecified atom stereocenters. The zero-order valence-electron chi connectivity index (χ0n) is 22.0. The van der Waals surface area contributed by atoms with Crippen molar-refractivity contribution in [3.05, 3.63) is 99.0 Å². The molecule has 6 rings (SSSR count). The number of H-pyrrole nitrogens is 1. The number of nitrogens with zero attached hydrogens (tertiary/aromatic N) is 3. The fourth-order valence-electron chi connectivity index (χ4n) is 5.16. The Kier molecular flexibility index (Phi) is 6.87. The van der Waals surface area contributed by atoms with Crippen molar-refractivity contribution in [3.63, 3.8) is 0 Å². The monoisotopic (exact) mass is 554 g/mol. The lowest BCUT2D eigenvalue weighted by molar-refractivity contribution is 0.103. The van der Waals surface area contributed by atoms with Gasteiger partial charge < -0.3 is 10.6 Å². The van der Waals surface area contributed by atoms with Crippen LogP contribution in [0.25, 0.3) is 21.3 Å². The molecule has 3 N–H and O–H groups in total. The first-order valence-electron chi connectivity index (χ1n) is 13.0. The average molecular weight is 555 g/mol. The summed E-state index contributed by atoms with van der Waals surface area (Å²) < 4.78 is 15.9. The van der Waals surface area contributed by atoms with Crippen molar-refractivity contribution in [1.82, 2.24) is 20.1 Å². The second-order valence-corrected chi connectivity index (χ2v) is 11.0. The van der Waals surface area contributed by atoms with E-state index in [1.807, 2.05) is 42.6 Å². The van der Waals surface area contributed by atoms with Gasteiger partial charge in [-0.1, -0.05) is 24.3 Å². The third kappa shape index (κ3) is 4.99. The molecule has 1 saturated heterocycles. The Morgan fingerprint density at radius 2 is 2.00 bits per heavy atom. The smallest absolute Gasteiger partial charge is 0.287 e. The summed E-state index contributed by atoms with van der Waals surface area (Å²) >= 11 is 1.35. The van der Waals surface area contributed by atoms with Crippen LogP contribution in [0.15, 0.2) is 71.7 Å². The molecule has 8 nitrogen and oxygen atoms in total. The van der Waals surface area contributed by atoms with Crippen molar-refractivity contribution in [2.45, 2.75) is 25.8 Å². The minimum absolute atomic E-state index is 0.0663. The predicted octanol–water partition coefficient (Wildman–Crippen LogP) is 6.26. The summed E-state index contributed by atoms with van der Waals surface area (Å²) in [4.78, 5) is 32.9. The van der Waals surface area contributed by atoms with Crippen LogP contribution in [0.1, 0.15) is 39.7 Å². The molecule has 10 heteroatoms. The number of carbonyl (C=O) groups is 1. The van der Waals surface area contributed by atoms with Crippen LogP contribution in [0.2, 0.25) is 0 Å². The summed E-state index contributed by atoms with van der Waals surface area (Å²) in [6.07, 6.45) is 4.10. The number of hydrogen-bond donors (Lipinski definition) is 3. The lowest BCUT2D eigenvalue weighted by Gasteiger charge is -2.19. The number of pyridine rings is 1. The summed E-state index contributed by atoms with van der Waals surface area (Å²) in [5, 5.41) is 13.5. The maximum atomic E-state index is 14.9. The average Bonchev–Trinajstić information content (AvgIpc) is 3.59. The highest BCUT2D eigenvalue weighted by molar-refractivity contribution is 7.20. The van der Waals surface area contributed by atoms with E-state index in [4.69, 9.17) is 0 Å². The zero-order chi connectivity index (χ0) is 27.8. The quantitative estimate of drug-likeness (QED) is 0.229. The number of aromatic nitrogens is 3. The van der Waals surface area contributed by atoms with Gasteiger partial charge >= 0.3 is 0 Å². The van der Waals surface area contributed by atoms with Crippen LogP contribution in [0.3, 0.4) is 0 Å². The summed E-state index contributed by atoms with van der Waals surface area (Å²) in [7, 11) is 2.11. The topological polar surface area (TPSA) is 103 Å². The van der Waals surface area contributed by atoms with Crippen molar-refractivity contribution in [2.75, 3.05) is 24.2 Å². The lowest BCUT2D eigenvalue weighted by Crippen LogP contribution is -2.18. The summed E-state index contributed by atoms with van der Waals surface area (Å²) in [6, 6.07) is 18.2. The van der Waals surface area contributed by atoms with Crippen molar-refractivity contribution < 1.29 is 9.18 Å². The van der Waals surface area contributed by atoms with E-state index in [2.05, 4.69) is 37.8 Å². The molecule has 40 heavy (non-hydrogen) atoms. The van der Waals surface area contributed by atoms with Crippen LogP contribution < -0.4 is 16.2 Å². The van der Waals surface area contributed by atoms with Gasteiger partial charge in [0, 0.05) is 22.5 Å². The van der Waals surface area contributed by atoms with E-state index < -0.39 is 17.3 Å². The largest absolute Gasteiger partial charge is 0.336 e. The number of rotatable bonds is 6. The Bertz CT molecular complexity index is 1750. The number of carbonyl (C=O) groups excluding carboxylic acids is 1. The van der Waals surface area contributed by atoms with Crippen molar-refractivity contribution in [1.29, 1.82) is 0 Å². The standard InChI is InChI=1S/C30H27FN6O2S/c1-17-20(10-11-21(31)28(17)34-30(39)26-14-18-6-3-4-8-25(18)40-26)22-15-23(29(38)36-35-22)33-27-12-9-19(16-32-27)24-7-5-13-37(24)2/h3-4,6,8-12,14-16,24H,5,7,13H2,1-2H3,(H,34,39)(H,36,38)(H,32,33,35). The van der Waals surface area contributed by atoms with Gasteiger partial charge in [0.15, 0.2) is 0 Å². The van der Waals surface area contributed by atoms with E-state index in [-0.39, 0.29) is 11.4 Å². The molecule has 202 valence electrons. The Balaban J connectivity index is 1.25. The molecule has 0 saturated carbocycles. The van der Waals surface area contributed by atoms with Crippen LogP contribution >= 0.6 is 11.3 Å². The SMILES string of the molecule is Cc1c(-c2cc(Nc3ccc(C4CCCN4C)cn3)c(=O)[nH]n2)ccc(F)c1NC(=O)c1cc2ccccc2s1. The molecule has 1 atom stereocenters. The van der Waals surface area contributed by atoms with Gasteiger partial charge in [-0.05, 0) is 86.3 Å². The molecule has 0 spiro atoms. The third-order valence-corrected chi connectivity index (χ3v) is 8.45. The molecule has 2 aromatic carbocycles. The van der Waals surface area contributed by atoms with E-state index in [1.165, 1.54) is 17.4 Å². The van der Waals surface area contributed by atoms with Gasteiger partial charge in [-0.15, -0.1) is 11.3 Å². The number of halogens is 1. The van der Waals surface area contributed by atoms with E-state index in [0.717, 1.165) is 35.0 Å². The Labute approximate surface area is 233 Å². The molecular formula is C30H27FN6O2S. The Morgan fingerprint density at radius 3 is 2.75 bits per heavy atom. The van der Waals surface area contributed by atoms with Gasteiger partial charge in [-0.25, -0.2) is 14.5 Å². The highest BCUT2D eigenvalue weighted by Crippen LogP contribution is 2.33. The molecule has 1 aliphatic heterocycles. The van der Waals surface area contributed by atoms with Crippen LogP contribution in [-0.4, -0.2) is 39.6 Å². The molecule has 1 aliphatic rings. The lowest BCUT2D eigenvalue weighted by atomic mass is 10.0. The number of fused-ring (bicyclic) bond motifs is 1. The fraction of sp³-hybridized carbons (Fsp3) is 0.200. The molecule has 1 amide bonds. The van der Waals surface area contributed by atoms with Gasteiger partial charge in [-0.3, -0.25) is 14.5 Å². The molecular weight excluding hydrogens is 527 g/mol. The molecule has 1 fully saturated rings. The Hall–Kier alpha value is -4.41. The highest BCUT2D eigenvalue weighted by atomic mass is 32.1. The normalized spacial score (nSPS) is 15.4. The fourth-order valence-corrected chi connectivity index (χ4v) is 6.12. The van der Waals surface area contributed by atoms with Gasteiger partial charge in [0.1, 0.15) is 17.3 Å². The maximum absolute atomic E-state index is 14.9. The zero-order valence-corrected chi connectivity index (χ0v) is 22.8. The van der Waals surface area contributed by atoms with Gasteiger partial charge in [-0.2, -0.15) is 5.10 Å². The minimum atomic E-state index is -0.560. The molecule has 0 radical (unpaired) electrons. The van der Waals surface area contributed by atoms with Crippen molar-refractivity contribution >= 4 is 44.5 Å². The number of aromatic amines is 1. The number of hydrogen-bond acceptors (Lipinski definition) is 7. The summed E-state index contributed by atoms with van der Waals surface area (Å²) in [5.41, 5.74) is 2.52. The molecule has 0 bridgehead atoms. The second-order valence-electron chi connectivity index (χ2n) is 9.93. The second kappa shape index (κ2) is 10.6. The number of thiophene rings is 1. The van der Waals surface area contributed by atoms with Gasteiger partial charge in [0.2, 0.25) is 0 Å².